The first kappa shape index (κ1) is 5.92. The molecule has 1 atom stereocenters. The van der Waals surface area contributed by atoms with Crippen LogP contribution in [0.4, 0.5) is 0 Å². The molecule has 0 spiro atoms. The van der Waals surface area contributed by atoms with Crippen LogP contribution in [-0.4, -0.2) is 11.5 Å². The van der Waals surface area contributed by atoms with Crippen molar-refractivity contribution >= 4 is 0 Å². The number of rotatable bonds is 0. The van der Waals surface area contributed by atoms with Crippen molar-refractivity contribution in [2.75, 3.05) is 6.54 Å². The average Bonchev–Trinajstić information content (AvgIpc) is 2.36. The summed E-state index contributed by atoms with van der Waals surface area (Å²) in [5.74, 6) is 1.50. The summed E-state index contributed by atoms with van der Waals surface area (Å²) in [6.07, 6.45) is 1.52. The quantitative estimate of drug-likeness (QED) is 0.578. The molecule has 0 aromatic carbocycles. The van der Waals surface area contributed by atoms with Crippen molar-refractivity contribution in [2.45, 2.75) is 19.4 Å². The van der Waals surface area contributed by atoms with Crippen LogP contribution in [0.5, 0.6) is 0 Å². The van der Waals surface area contributed by atoms with Gasteiger partial charge in [0.15, 0.2) is 6.39 Å². The summed E-state index contributed by atoms with van der Waals surface area (Å²) in [6.45, 7) is 3.99. The molecule has 0 radical (unpaired) electrons. The first-order valence-corrected chi connectivity index (χ1v) is 3.51. The molecule has 3 nitrogen and oxygen atoms in total. The van der Waals surface area contributed by atoms with Crippen molar-refractivity contribution < 1.29 is 4.42 Å². The van der Waals surface area contributed by atoms with E-state index in [-0.39, 0.29) is 0 Å². The fourth-order valence-corrected chi connectivity index (χ4v) is 1.31. The molecular weight excluding hydrogens is 128 g/mol. The van der Waals surface area contributed by atoms with Crippen molar-refractivity contribution in [2.24, 2.45) is 0 Å². The van der Waals surface area contributed by atoms with E-state index in [4.69, 9.17) is 4.42 Å². The van der Waals surface area contributed by atoms with E-state index in [1.165, 1.54) is 6.39 Å². The normalized spacial score (nSPS) is 24.3. The Balaban J connectivity index is 2.41. The molecule has 3 heteroatoms. The van der Waals surface area contributed by atoms with E-state index in [1.807, 2.05) is 0 Å². The molecule has 1 aliphatic heterocycles. The molecule has 2 rings (SSSR count). The lowest BCUT2D eigenvalue weighted by molar-refractivity contribution is 0.445. The largest absolute Gasteiger partial charge is 0.447 e. The van der Waals surface area contributed by atoms with E-state index in [0.29, 0.717) is 5.92 Å². The Morgan fingerprint density at radius 2 is 2.70 bits per heavy atom. The first-order chi connectivity index (χ1) is 4.88. The van der Waals surface area contributed by atoms with Gasteiger partial charge in [0, 0.05) is 12.5 Å². The minimum absolute atomic E-state index is 0.502. The fraction of sp³-hybridized carbons (Fsp3) is 0.571. The van der Waals surface area contributed by atoms with Crippen molar-refractivity contribution in [3.63, 3.8) is 0 Å². The second-order valence-electron chi connectivity index (χ2n) is 2.69. The molecule has 0 saturated heterocycles. The molecule has 0 aliphatic carbocycles. The maximum absolute atomic E-state index is 5.15. The standard InChI is InChI=1S/C7H10N2O/c1-5-2-8-3-6-7(5)9-4-10-6/h4-5,8H,2-3H2,1H3. The van der Waals surface area contributed by atoms with Gasteiger partial charge in [0.25, 0.3) is 0 Å². The van der Waals surface area contributed by atoms with E-state index >= 15 is 0 Å². The second-order valence-corrected chi connectivity index (χ2v) is 2.69. The van der Waals surface area contributed by atoms with Crippen molar-refractivity contribution in [1.29, 1.82) is 0 Å². The van der Waals surface area contributed by atoms with Gasteiger partial charge < -0.3 is 9.73 Å². The lowest BCUT2D eigenvalue weighted by Crippen LogP contribution is -2.25. The van der Waals surface area contributed by atoms with Gasteiger partial charge in [-0.2, -0.15) is 0 Å². The molecule has 2 heterocycles. The highest BCUT2D eigenvalue weighted by Crippen LogP contribution is 2.20. The first-order valence-electron chi connectivity index (χ1n) is 3.51. The van der Waals surface area contributed by atoms with Crippen LogP contribution in [0.2, 0.25) is 0 Å². The van der Waals surface area contributed by atoms with E-state index in [9.17, 15) is 0 Å². The van der Waals surface area contributed by atoms with E-state index in [1.54, 1.807) is 0 Å². The van der Waals surface area contributed by atoms with Crippen LogP contribution in [-0.2, 0) is 6.54 Å². The predicted molar refractivity (Wildman–Crippen MR) is 36.6 cm³/mol. The highest BCUT2D eigenvalue weighted by molar-refractivity contribution is 5.15. The lowest BCUT2D eigenvalue weighted by atomic mass is 10.0. The number of fused-ring (bicyclic) bond motifs is 1. The summed E-state index contributed by atoms with van der Waals surface area (Å²) >= 11 is 0. The molecule has 1 unspecified atom stereocenters. The zero-order valence-electron chi connectivity index (χ0n) is 5.92. The summed E-state index contributed by atoms with van der Waals surface area (Å²) in [7, 11) is 0. The molecule has 0 amide bonds. The van der Waals surface area contributed by atoms with Crippen molar-refractivity contribution in [1.82, 2.24) is 10.3 Å². The minimum Gasteiger partial charge on any atom is -0.447 e. The summed E-state index contributed by atoms with van der Waals surface area (Å²) in [5, 5.41) is 3.24. The molecule has 1 aromatic heterocycles. The molecule has 0 fully saturated rings. The van der Waals surface area contributed by atoms with Gasteiger partial charge in [-0.05, 0) is 0 Å². The zero-order chi connectivity index (χ0) is 6.97. The monoisotopic (exact) mass is 138 g/mol. The molecule has 54 valence electrons. The summed E-state index contributed by atoms with van der Waals surface area (Å²) in [5.41, 5.74) is 1.12. The number of aromatic nitrogens is 1. The number of hydrogen-bond donors (Lipinski definition) is 1. The molecular formula is C7H10N2O. The topological polar surface area (TPSA) is 38.1 Å². The Hall–Kier alpha value is -0.830. The molecule has 1 aliphatic rings. The molecule has 0 saturated carbocycles. The Labute approximate surface area is 59.4 Å². The van der Waals surface area contributed by atoms with Gasteiger partial charge in [0.05, 0.1) is 12.2 Å². The Morgan fingerprint density at radius 1 is 1.80 bits per heavy atom. The van der Waals surface area contributed by atoms with Gasteiger partial charge >= 0.3 is 0 Å². The molecule has 0 bridgehead atoms. The zero-order valence-corrected chi connectivity index (χ0v) is 5.92. The highest BCUT2D eigenvalue weighted by atomic mass is 16.3. The summed E-state index contributed by atoms with van der Waals surface area (Å²) in [6, 6.07) is 0. The van der Waals surface area contributed by atoms with Crippen molar-refractivity contribution in [3.8, 4) is 0 Å². The number of nitrogens with zero attached hydrogens (tertiary/aromatic N) is 1. The highest BCUT2D eigenvalue weighted by Gasteiger charge is 2.19. The fourth-order valence-electron chi connectivity index (χ4n) is 1.31. The number of hydrogen-bond acceptors (Lipinski definition) is 3. The smallest absolute Gasteiger partial charge is 0.181 e. The molecule has 1 N–H and O–H groups in total. The van der Waals surface area contributed by atoms with Crippen molar-refractivity contribution in [3.05, 3.63) is 17.8 Å². The second kappa shape index (κ2) is 2.09. The van der Waals surface area contributed by atoms with Gasteiger partial charge in [0.1, 0.15) is 5.76 Å². The van der Waals surface area contributed by atoms with Gasteiger partial charge in [-0.15, -0.1) is 0 Å². The lowest BCUT2D eigenvalue weighted by Gasteiger charge is -2.16. The Morgan fingerprint density at radius 3 is 3.50 bits per heavy atom. The Bertz CT molecular complexity index is 231. The van der Waals surface area contributed by atoms with Crippen LogP contribution >= 0.6 is 0 Å². The number of nitrogens with one attached hydrogen (secondary N) is 1. The van der Waals surface area contributed by atoms with Crippen LogP contribution < -0.4 is 5.32 Å². The molecule has 1 aromatic rings. The van der Waals surface area contributed by atoms with Crippen LogP contribution in [0.3, 0.4) is 0 Å². The van der Waals surface area contributed by atoms with Crippen LogP contribution in [0.15, 0.2) is 10.8 Å². The maximum Gasteiger partial charge on any atom is 0.181 e. The third-order valence-corrected chi connectivity index (χ3v) is 1.88. The number of oxazole rings is 1. The van der Waals surface area contributed by atoms with Gasteiger partial charge in [-0.1, -0.05) is 6.92 Å². The van der Waals surface area contributed by atoms with Gasteiger partial charge in [0.2, 0.25) is 0 Å². The summed E-state index contributed by atoms with van der Waals surface area (Å²) in [4.78, 5) is 4.13. The summed E-state index contributed by atoms with van der Waals surface area (Å²) < 4.78 is 5.15. The van der Waals surface area contributed by atoms with E-state index in [0.717, 1.165) is 24.5 Å². The SMILES string of the molecule is CC1CNCc2ocnc21. The van der Waals surface area contributed by atoms with E-state index in [2.05, 4.69) is 17.2 Å². The van der Waals surface area contributed by atoms with E-state index < -0.39 is 0 Å². The van der Waals surface area contributed by atoms with Gasteiger partial charge in [-0.25, -0.2) is 4.98 Å². The minimum atomic E-state index is 0.502. The van der Waals surface area contributed by atoms with Crippen LogP contribution in [0, 0.1) is 0 Å². The third-order valence-electron chi connectivity index (χ3n) is 1.88. The average molecular weight is 138 g/mol. The predicted octanol–water partition coefficient (Wildman–Crippen LogP) is 0.881. The Kier molecular flexibility index (Phi) is 1.24. The maximum atomic E-state index is 5.15. The molecule has 10 heavy (non-hydrogen) atoms. The van der Waals surface area contributed by atoms with Crippen LogP contribution in [0.25, 0.3) is 0 Å². The van der Waals surface area contributed by atoms with Crippen LogP contribution in [0.1, 0.15) is 24.3 Å². The van der Waals surface area contributed by atoms with Gasteiger partial charge in [-0.3, -0.25) is 0 Å². The third kappa shape index (κ3) is 0.743.